The van der Waals surface area contributed by atoms with Crippen molar-refractivity contribution in [2.24, 2.45) is 5.92 Å². The second kappa shape index (κ2) is 5.74. The molecule has 0 aromatic carbocycles. The van der Waals surface area contributed by atoms with Gasteiger partial charge >= 0.3 is 5.97 Å². The average Bonchev–Trinajstić information content (AvgIpc) is 2.88. The van der Waals surface area contributed by atoms with Crippen LogP contribution in [0.5, 0.6) is 0 Å². The fraction of sp³-hybridized carbons (Fsp3) is 0.571. The van der Waals surface area contributed by atoms with E-state index in [1.54, 1.807) is 6.92 Å². The van der Waals surface area contributed by atoms with Crippen LogP contribution in [0.4, 0.5) is 5.00 Å². The van der Waals surface area contributed by atoms with E-state index >= 15 is 0 Å². The molecule has 1 aliphatic rings. The summed E-state index contributed by atoms with van der Waals surface area (Å²) in [5.41, 5.74) is 1.65. The van der Waals surface area contributed by atoms with Crippen molar-refractivity contribution in [3.63, 3.8) is 0 Å². The van der Waals surface area contributed by atoms with Crippen LogP contribution in [0.3, 0.4) is 0 Å². The molecule has 0 bridgehead atoms. The van der Waals surface area contributed by atoms with Crippen LogP contribution in [0.15, 0.2) is 0 Å². The van der Waals surface area contributed by atoms with E-state index in [9.17, 15) is 9.59 Å². The van der Waals surface area contributed by atoms with Crippen molar-refractivity contribution in [3.05, 3.63) is 16.0 Å². The highest BCUT2D eigenvalue weighted by Gasteiger charge is 2.28. The zero-order valence-corrected chi connectivity index (χ0v) is 12.4. The molecule has 2 rings (SSSR count). The molecule has 0 atom stereocenters. The van der Waals surface area contributed by atoms with Gasteiger partial charge in [0.2, 0.25) is 5.91 Å². The van der Waals surface area contributed by atoms with Gasteiger partial charge in [0.25, 0.3) is 0 Å². The van der Waals surface area contributed by atoms with E-state index in [2.05, 4.69) is 5.32 Å². The standard InChI is InChI=1S/C14H19NO3S/c1-4-18-14(17)11-9-6-5-7-10(9)19-13(11)15-12(16)8(2)3/h8H,4-7H2,1-3H3,(H,15,16). The molecule has 0 radical (unpaired) electrons. The molecule has 1 aromatic heterocycles. The number of carbonyl (C=O) groups is 2. The molecule has 1 amide bonds. The van der Waals surface area contributed by atoms with Crippen molar-refractivity contribution in [1.29, 1.82) is 0 Å². The Labute approximate surface area is 117 Å². The summed E-state index contributed by atoms with van der Waals surface area (Å²) in [6.07, 6.45) is 2.97. The zero-order valence-electron chi connectivity index (χ0n) is 11.5. The number of nitrogens with one attached hydrogen (secondary N) is 1. The summed E-state index contributed by atoms with van der Waals surface area (Å²) in [5, 5.41) is 3.51. The number of aryl methyl sites for hydroxylation is 1. The Balaban J connectivity index is 2.32. The van der Waals surface area contributed by atoms with Gasteiger partial charge in [-0.15, -0.1) is 11.3 Å². The molecule has 4 nitrogen and oxygen atoms in total. The predicted octanol–water partition coefficient (Wildman–Crippen LogP) is 3.01. The topological polar surface area (TPSA) is 55.4 Å². The van der Waals surface area contributed by atoms with Gasteiger partial charge in [-0.05, 0) is 31.7 Å². The SMILES string of the molecule is CCOC(=O)c1c(NC(=O)C(C)C)sc2c1CCC2. The van der Waals surface area contributed by atoms with Crippen LogP contribution in [0, 0.1) is 5.92 Å². The fourth-order valence-electron chi connectivity index (χ4n) is 2.17. The van der Waals surface area contributed by atoms with Gasteiger partial charge in [-0.3, -0.25) is 4.79 Å². The molecule has 1 aliphatic carbocycles. The monoisotopic (exact) mass is 281 g/mol. The van der Waals surface area contributed by atoms with Crippen molar-refractivity contribution in [3.8, 4) is 0 Å². The molecule has 0 saturated heterocycles. The van der Waals surface area contributed by atoms with Gasteiger partial charge in [0.1, 0.15) is 5.00 Å². The Morgan fingerprint density at radius 2 is 2.11 bits per heavy atom. The number of rotatable bonds is 4. The average molecular weight is 281 g/mol. The lowest BCUT2D eigenvalue weighted by Gasteiger charge is -2.09. The number of anilines is 1. The lowest BCUT2D eigenvalue weighted by Crippen LogP contribution is -2.19. The number of ether oxygens (including phenoxy) is 1. The van der Waals surface area contributed by atoms with Gasteiger partial charge in [0.05, 0.1) is 12.2 Å². The first-order valence-corrected chi connectivity index (χ1v) is 7.48. The molecule has 0 unspecified atom stereocenters. The smallest absolute Gasteiger partial charge is 0.341 e. The highest BCUT2D eigenvalue weighted by molar-refractivity contribution is 7.17. The normalized spacial score (nSPS) is 13.5. The van der Waals surface area contributed by atoms with E-state index in [-0.39, 0.29) is 17.8 Å². The molecule has 0 fully saturated rings. The third kappa shape index (κ3) is 2.81. The van der Waals surface area contributed by atoms with Gasteiger partial charge in [0.15, 0.2) is 0 Å². The summed E-state index contributed by atoms with van der Waals surface area (Å²) in [7, 11) is 0. The van der Waals surface area contributed by atoms with Crippen molar-refractivity contribution < 1.29 is 14.3 Å². The summed E-state index contributed by atoms with van der Waals surface area (Å²) >= 11 is 1.52. The molecular formula is C14H19NO3S. The number of fused-ring (bicyclic) bond motifs is 1. The zero-order chi connectivity index (χ0) is 14.0. The first-order chi connectivity index (χ1) is 9.04. The number of carbonyl (C=O) groups excluding carboxylic acids is 2. The summed E-state index contributed by atoms with van der Waals surface area (Å²) in [4.78, 5) is 25.1. The van der Waals surface area contributed by atoms with Crippen LogP contribution in [-0.4, -0.2) is 18.5 Å². The first-order valence-electron chi connectivity index (χ1n) is 6.67. The second-order valence-corrected chi connectivity index (χ2v) is 6.03. The number of amides is 1. The maximum Gasteiger partial charge on any atom is 0.341 e. The molecule has 5 heteroatoms. The number of hydrogen-bond donors (Lipinski definition) is 1. The summed E-state index contributed by atoms with van der Waals surface area (Å²) in [5.74, 6) is -0.488. The van der Waals surface area contributed by atoms with E-state index in [0.29, 0.717) is 17.2 Å². The molecule has 19 heavy (non-hydrogen) atoms. The van der Waals surface area contributed by atoms with Crippen molar-refractivity contribution in [1.82, 2.24) is 0 Å². The predicted molar refractivity (Wildman–Crippen MR) is 75.8 cm³/mol. The van der Waals surface area contributed by atoms with Gasteiger partial charge in [0, 0.05) is 10.8 Å². The Bertz CT molecular complexity index is 505. The van der Waals surface area contributed by atoms with E-state index in [1.165, 1.54) is 16.2 Å². The highest BCUT2D eigenvalue weighted by atomic mass is 32.1. The van der Waals surface area contributed by atoms with Crippen LogP contribution in [0.1, 0.15) is 48.0 Å². The summed E-state index contributed by atoms with van der Waals surface area (Å²) in [6, 6.07) is 0. The van der Waals surface area contributed by atoms with Gasteiger partial charge in [-0.2, -0.15) is 0 Å². The first kappa shape index (κ1) is 14.1. The third-order valence-corrected chi connectivity index (χ3v) is 4.37. The number of esters is 1. The molecule has 0 saturated carbocycles. The molecule has 1 aromatic rings. The van der Waals surface area contributed by atoms with E-state index in [1.807, 2.05) is 13.8 Å². The Morgan fingerprint density at radius 1 is 1.37 bits per heavy atom. The Hall–Kier alpha value is -1.36. The van der Waals surface area contributed by atoms with Crippen LogP contribution in [0.2, 0.25) is 0 Å². The fourth-order valence-corrected chi connectivity index (χ4v) is 3.45. The number of hydrogen-bond acceptors (Lipinski definition) is 4. The molecule has 1 heterocycles. The van der Waals surface area contributed by atoms with Crippen molar-refractivity contribution in [2.45, 2.75) is 40.0 Å². The minimum atomic E-state index is -0.319. The van der Waals surface area contributed by atoms with Gasteiger partial charge < -0.3 is 10.1 Å². The molecular weight excluding hydrogens is 262 g/mol. The largest absolute Gasteiger partial charge is 0.462 e. The van der Waals surface area contributed by atoms with Crippen LogP contribution in [-0.2, 0) is 22.4 Å². The minimum absolute atomic E-state index is 0.0644. The molecule has 0 spiro atoms. The maximum absolute atomic E-state index is 12.1. The third-order valence-electron chi connectivity index (χ3n) is 3.16. The van der Waals surface area contributed by atoms with Crippen LogP contribution in [0.25, 0.3) is 0 Å². The minimum Gasteiger partial charge on any atom is -0.462 e. The number of thiophene rings is 1. The molecule has 0 aliphatic heterocycles. The molecule has 104 valence electrons. The van der Waals surface area contributed by atoms with E-state index in [4.69, 9.17) is 4.74 Å². The molecule has 1 N–H and O–H groups in total. The summed E-state index contributed by atoms with van der Waals surface area (Å²) in [6.45, 7) is 5.80. The van der Waals surface area contributed by atoms with E-state index < -0.39 is 0 Å². The lowest BCUT2D eigenvalue weighted by molar-refractivity contribution is -0.118. The quantitative estimate of drug-likeness (QED) is 0.863. The van der Waals surface area contributed by atoms with Gasteiger partial charge in [-0.1, -0.05) is 13.8 Å². The van der Waals surface area contributed by atoms with Crippen LogP contribution >= 0.6 is 11.3 Å². The Kier molecular flexibility index (Phi) is 4.24. The second-order valence-electron chi connectivity index (χ2n) is 4.93. The van der Waals surface area contributed by atoms with Crippen molar-refractivity contribution >= 4 is 28.2 Å². The highest BCUT2D eigenvalue weighted by Crippen LogP contribution is 2.39. The lowest BCUT2D eigenvalue weighted by atomic mass is 10.1. The van der Waals surface area contributed by atoms with Gasteiger partial charge in [-0.25, -0.2) is 4.79 Å². The van der Waals surface area contributed by atoms with Crippen LogP contribution < -0.4 is 5.32 Å². The Morgan fingerprint density at radius 3 is 2.74 bits per heavy atom. The van der Waals surface area contributed by atoms with Crippen molar-refractivity contribution in [2.75, 3.05) is 11.9 Å². The van der Waals surface area contributed by atoms with E-state index in [0.717, 1.165) is 24.8 Å². The maximum atomic E-state index is 12.1. The summed E-state index contributed by atoms with van der Waals surface area (Å²) < 4.78 is 5.11.